The van der Waals surface area contributed by atoms with Gasteiger partial charge in [0.05, 0.1) is 23.0 Å². The van der Waals surface area contributed by atoms with Crippen molar-refractivity contribution >= 4 is 29.2 Å². The van der Waals surface area contributed by atoms with Crippen molar-refractivity contribution in [3.8, 4) is 0 Å². The Morgan fingerprint density at radius 2 is 1.78 bits per heavy atom. The van der Waals surface area contributed by atoms with E-state index in [1.165, 1.54) is 4.90 Å². The van der Waals surface area contributed by atoms with Gasteiger partial charge < -0.3 is 4.90 Å². The minimum atomic E-state index is -4.49. The number of piperazine rings is 1. The van der Waals surface area contributed by atoms with Gasteiger partial charge in [-0.25, -0.2) is 4.98 Å². The number of hydrogen-bond donors (Lipinski definition) is 0. The number of carbonyl (C=O) groups excluding carboxylic acids is 2. The number of alkyl halides is 3. The summed E-state index contributed by atoms with van der Waals surface area (Å²) in [5.74, 6) is 0.0711. The van der Waals surface area contributed by atoms with Crippen LogP contribution in [0.2, 0.25) is 5.02 Å². The van der Waals surface area contributed by atoms with Gasteiger partial charge in [0.1, 0.15) is 5.82 Å². The van der Waals surface area contributed by atoms with Gasteiger partial charge in [0.2, 0.25) is 11.8 Å². The number of likely N-dealkylation sites (tertiary alicyclic amines) is 1. The predicted molar refractivity (Wildman–Crippen MR) is 91.3 cm³/mol. The highest BCUT2D eigenvalue weighted by Crippen LogP contribution is 2.35. The number of amides is 2. The smallest absolute Gasteiger partial charge is 0.353 e. The molecule has 0 spiro atoms. The van der Waals surface area contributed by atoms with Crippen LogP contribution in [0.4, 0.5) is 19.0 Å². The topological polar surface area (TPSA) is 56.8 Å². The van der Waals surface area contributed by atoms with Crippen LogP contribution in [0.3, 0.4) is 0 Å². The molecule has 146 valence electrons. The Balaban J connectivity index is 1.41. The molecular weight excluding hydrogens is 385 g/mol. The lowest BCUT2D eigenvalue weighted by Crippen LogP contribution is -2.53. The fourth-order valence-corrected chi connectivity index (χ4v) is 3.99. The van der Waals surface area contributed by atoms with Crippen molar-refractivity contribution < 1.29 is 22.8 Å². The van der Waals surface area contributed by atoms with Gasteiger partial charge in [0.15, 0.2) is 0 Å². The Kier molecular flexibility index (Phi) is 4.54. The summed E-state index contributed by atoms with van der Waals surface area (Å²) in [6.07, 6.45) is -1.74. The molecule has 0 aromatic carbocycles. The standard InChI is InChI=1S/C17H18ClF3N4O2/c18-12-7-10(17(19,20)21)9-22-15(12)24-5-3-23(4-6-24)13-8-14(26)25(16(13)27)11-1-2-11/h7,9,11,13H,1-6,8H2. The Morgan fingerprint density at radius 3 is 2.33 bits per heavy atom. The number of carbonyl (C=O) groups is 2. The maximum atomic E-state index is 12.7. The molecule has 0 bridgehead atoms. The van der Waals surface area contributed by atoms with Gasteiger partial charge >= 0.3 is 6.18 Å². The van der Waals surface area contributed by atoms with Crippen LogP contribution in [0.15, 0.2) is 12.3 Å². The van der Waals surface area contributed by atoms with Gasteiger partial charge in [-0.15, -0.1) is 0 Å². The molecule has 1 aliphatic carbocycles. The van der Waals surface area contributed by atoms with Crippen LogP contribution in [-0.2, 0) is 15.8 Å². The molecule has 1 aromatic heterocycles. The highest BCUT2D eigenvalue weighted by molar-refractivity contribution is 6.33. The van der Waals surface area contributed by atoms with E-state index in [0.717, 1.165) is 25.1 Å². The third-order valence-corrected chi connectivity index (χ3v) is 5.55. The van der Waals surface area contributed by atoms with Gasteiger partial charge in [-0.3, -0.25) is 19.4 Å². The molecule has 2 amide bonds. The molecule has 10 heteroatoms. The van der Waals surface area contributed by atoms with Crippen molar-refractivity contribution in [1.82, 2.24) is 14.8 Å². The maximum absolute atomic E-state index is 12.7. The first-order valence-corrected chi connectivity index (χ1v) is 9.21. The third kappa shape index (κ3) is 3.50. The summed E-state index contributed by atoms with van der Waals surface area (Å²) in [7, 11) is 0. The molecule has 3 fully saturated rings. The van der Waals surface area contributed by atoms with Crippen molar-refractivity contribution in [3.63, 3.8) is 0 Å². The number of anilines is 1. The Bertz CT molecular complexity index is 776. The van der Waals surface area contributed by atoms with E-state index in [-0.39, 0.29) is 29.3 Å². The van der Waals surface area contributed by atoms with Crippen molar-refractivity contribution in [2.24, 2.45) is 0 Å². The molecule has 1 saturated carbocycles. The molecule has 0 radical (unpaired) electrons. The van der Waals surface area contributed by atoms with E-state index in [0.29, 0.717) is 32.0 Å². The first-order valence-electron chi connectivity index (χ1n) is 8.83. The van der Waals surface area contributed by atoms with E-state index < -0.39 is 17.8 Å². The zero-order chi connectivity index (χ0) is 19.3. The lowest BCUT2D eigenvalue weighted by atomic mass is 10.1. The minimum Gasteiger partial charge on any atom is -0.353 e. The molecule has 3 aliphatic rings. The lowest BCUT2D eigenvalue weighted by Gasteiger charge is -2.37. The molecule has 4 rings (SSSR count). The summed E-state index contributed by atoms with van der Waals surface area (Å²) in [5.41, 5.74) is -0.884. The van der Waals surface area contributed by atoms with E-state index in [1.54, 1.807) is 4.90 Å². The van der Waals surface area contributed by atoms with Gasteiger partial charge in [0, 0.05) is 38.4 Å². The number of aromatic nitrogens is 1. The number of nitrogens with zero attached hydrogens (tertiary/aromatic N) is 4. The van der Waals surface area contributed by atoms with E-state index in [9.17, 15) is 22.8 Å². The largest absolute Gasteiger partial charge is 0.417 e. The number of imide groups is 1. The summed E-state index contributed by atoms with van der Waals surface area (Å²) >= 11 is 6.01. The molecule has 2 aliphatic heterocycles. The van der Waals surface area contributed by atoms with Gasteiger partial charge in [-0.2, -0.15) is 13.2 Å². The van der Waals surface area contributed by atoms with E-state index in [1.807, 2.05) is 4.90 Å². The fourth-order valence-electron chi connectivity index (χ4n) is 3.70. The Morgan fingerprint density at radius 1 is 1.11 bits per heavy atom. The summed E-state index contributed by atoms with van der Waals surface area (Å²) in [4.78, 5) is 33.7. The molecule has 0 N–H and O–H groups in total. The average molecular weight is 403 g/mol. The van der Waals surface area contributed by atoms with Crippen LogP contribution >= 0.6 is 11.6 Å². The minimum absolute atomic E-state index is 0.0506. The predicted octanol–water partition coefficient (Wildman–Crippen LogP) is 2.17. The summed E-state index contributed by atoms with van der Waals surface area (Å²) in [6, 6.07) is 0.519. The second-order valence-corrected chi connectivity index (χ2v) is 7.51. The molecule has 3 heterocycles. The van der Waals surface area contributed by atoms with Crippen LogP contribution in [0, 0.1) is 0 Å². The molecular formula is C17H18ClF3N4O2. The van der Waals surface area contributed by atoms with E-state index >= 15 is 0 Å². The van der Waals surface area contributed by atoms with Crippen molar-refractivity contribution in [3.05, 3.63) is 22.8 Å². The lowest BCUT2D eigenvalue weighted by molar-refractivity contribution is -0.140. The Hall–Kier alpha value is -1.87. The van der Waals surface area contributed by atoms with Crippen LogP contribution in [0.5, 0.6) is 0 Å². The normalized spacial score (nSPS) is 24.8. The Labute approximate surface area is 158 Å². The molecule has 2 saturated heterocycles. The van der Waals surface area contributed by atoms with Gasteiger partial charge in [0.25, 0.3) is 0 Å². The van der Waals surface area contributed by atoms with Crippen LogP contribution in [-0.4, -0.2) is 64.9 Å². The van der Waals surface area contributed by atoms with Crippen molar-refractivity contribution in [2.75, 3.05) is 31.1 Å². The second-order valence-electron chi connectivity index (χ2n) is 7.10. The summed E-state index contributed by atoms with van der Waals surface area (Å²) in [6.45, 7) is 1.97. The third-order valence-electron chi connectivity index (χ3n) is 5.27. The summed E-state index contributed by atoms with van der Waals surface area (Å²) in [5, 5.41) is -0.0506. The number of halogens is 4. The molecule has 1 unspecified atom stereocenters. The zero-order valence-corrected chi connectivity index (χ0v) is 15.1. The SMILES string of the molecule is O=C1CC(N2CCN(c3ncc(C(F)(F)F)cc3Cl)CC2)C(=O)N1C1CC1. The quantitative estimate of drug-likeness (QED) is 0.725. The van der Waals surface area contributed by atoms with E-state index in [2.05, 4.69) is 4.98 Å². The number of hydrogen-bond acceptors (Lipinski definition) is 5. The first kappa shape index (κ1) is 18.5. The summed E-state index contributed by atoms with van der Waals surface area (Å²) < 4.78 is 38.2. The number of rotatable bonds is 3. The van der Waals surface area contributed by atoms with E-state index in [4.69, 9.17) is 11.6 Å². The highest BCUT2D eigenvalue weighted by atomic mass is 35.5. The highest BCUT2D eigenvalue weighted by Gasteiger charge is 2.48. The van der Waals surface area contributed by atoms with Crippen molar-refractivity contribution in [2.45, 2.75) is 37.5 Å². The van der Waals surface area contributed by atoms with Crippen LogP contribution < -0.4 is 4.90 Å². The van der Waals surface area contributed by atoms with Crippen molar-refractivity contribution in [1.29, 1.82) is 0 Å². The first-order chi connectivity index (χ1) is 12.8. The molecule has 27 heavy (non-hydrogen) atoms. The van der Waals surface area contributed by atoms with Crippen LogP contribution in [0.25, 0.3) is 0 Å². The molecule has 6 nitrogen and oxygen atoms in total. The maximum Gasteiger partial charge on any atom is 0.417 e. The zero-order valence-electron chi connectivity index (χ0n) is 14.4. The molecule has 1 atom stereocenters. The number of pyridine rings is 1. The molecule has 1 aromatic rings. The van der Waals surface area contributed by atoms with Gasteiger partial charge in [-0.05, 0) is 18.9 Å². The fraction of sp³-hybridized carbons (Fsp3) is 0.588. The second kappa shape index (κ2) is 6.63. The van der Waals surface area contributed by atoms with Crippen LogP contribution in [0.1, 0.15) is 24.8 Å². The van der Waals surface area contributed by atoms with Gasteiger partial charge in [-0.1, -0.05) is 11.6 Å². The average Bonchev–Trinajstić information content (AvgIpc) is 3.39. The monoisotopic (exact) mass is 402 g/mol.